The average Bonchev–Trinajstić information content (AvgIpc) is 3.13. The van der Waals surface area contributed by atoms with Gasteiger partial charge in [-0.05, 0) is 48.9 Å². The number of fused-ring (bicyclic) bond motifs is 3. The summed E-state index contributed by atoms with van der Waals surface area (Å²) >= 11 is 5.91. The van der Waals surface area contributed by atoms with E-state index in [2.05, 4.69) is 21.4 Å². The first kappa shape index (κ1) is 19.1. The maximum absolute atomic E-state index is 12.6. The molecule has 0 spiro atoms. The van der Waals surface area contributed by atoms with Crippen LogP contribution >= 0.6 is 11.6 Å². The van der Waals surface area contributed by atoms with Crippen molar-refractivity contribution in [2.75, 3.05) is 12.4 Å². The third-order valence-corrected chi connectivity index (χ3v) is 6.47. The molecular formula is C23H23ClN4O2. The number of carbonyl (C=O) groups is 2. The quantitative estimate of drug-likeness (QED) is 0.631. The Kier molecular flexibility index (Phi) is 4.95. The Morgan fingerprint density at radius 2 is 2.03 bits per heavy atom. The number of para-hydroxylation sites is 1. The van der Waals surface area contributed by atoms with E-state index < -0.39 is 0 Å². The summed E-state index contributed by atoms with van der Waals surface area (Å²) in [6.45, 7) is 0.592. The number of benzene rings is 1. The molecule has 1 aliphatic carbocycles. The number of alkyl halides is 1. The maximum Gasteiger partial charge on any atom is 0.270 e. The Balaban J connectivity index is 1.51. The van der Waals surface area contributed by atoms with Gasteiger partial charge in [0.15, 0.2) is 0 Å². The molecule has 0 radical (unpaired) electrons. The molecule has 154 valence electrons. The molecule has 6 nitrogen and oxygen atoms in total. The van der Waals surface area contributed by atoms with Gasteiger partial charge in [0.2, 0.25) is 5.91 Å². The molecule has 0 bridgehead atoms. The second-order valence-corrected chi connectivity index (χ2v) is 8.28. The van der Waals surface area contributed by atoms with Gasteiger partial charge in [-0.2, -0.15) is 0 Å². The standard InChI is InChI=1S/C23H23ClN4O2/c24-12-20(29)28-11-10-17-16-6-1-2-7-18(16)27-21(17)22(28)14-8-9-19(25-13-14)23(30)26-15-4-3-5-15/h1-2,6-9,13,15,22,27H,3-5,10-12H2,(H,26,30)/t22-/m0/s1. The lowest BCUT2D eigenvalue weighted by atomic mass is 9.92. The minimum absolute atomic E-state index is 0.0681. The monoisotopic (exact) mass is 422 g/mol. The van der Waals surface area contributed by atoms with E-state index in [9.17, 15) is 9.59 Å². The van der Waals surface area contributed by atoms with Crippen molar-refractivity contribution in [1.29, 1.82) is 0 Å². The summed E-state index contributed by atoms with van der Waals surface area (Å²) in [6.07, 6.45) is 5.70. The average molecular weight is 423 g/mol. The van der Waals surface area contributed by atoms with Gasteiger partial charge in [-0.3, -0.25) is 14.6 Å². The Morgan fingerprint density at radius 3 is 2.73 bits per heavy atom. The Morgan fingerprint density at radius 1 is 1.20 bits per heavy atom. The Hall–Kier alpha value is -2.86. The van der Waals surface area contributed by atoms with E-state index in [1.807, 2.05) is 24.3 Å². The van der Waals surface area contributed by atoms with Crippen molar-refractivity contribution in [2.45, 2.75) is 37.8 Å². The summed E-state index contributed by atoms with van der Waals surface area (Å²) < 4.78 is 0. The topological polar surface area (TPSA) is 78.1 Å². The molecule has 2 aromatic heterocycles. The maximum atomic E-state index is 12.6. The molecule has 2 amide bonds. The lowest BCUT2D eigenvalue weighted by Gasteiger charge is -2.35. The summed E-state index contributed by atoms with van der Waals surface area (Å²) in [7, 11) is 0. The normalized spacial score (nSPS) is 18.7. The van der Waals surface area contributed by atoms with E-state index in [1.54, 1.807) is 17.2 Å². The fourth-order valence-corrected chi connectivity index (χ4v) is 4.60. The number of amides is 2. The van der Waals surface area contributed by atoms with Gasteiger partial charge in [0, 0.05) is 35.4 Å². The number of rotatable bonds is 4. The highest BCUT2D eigenvalue weighted by atomic mass is 35.5. The number of carbonyl (C=O) groups excluding carboxylic acids is 2. The minimum atomic E-state index is -0.302. The van der Waals surface area contributed by atoms with Crippen LogP contribution in [-0.2, 0) is 11.2 Å². The fraction of sp³-hybridized carbons (Fsp3) is 0.348. The molecule has 3 heterocycles. The zero-order valence-electron chi connectivity index (χ0n) is 16.5. The number of hydrogen-bond acceptors (Lipinski definition) is 3. The molecule has 30 heavy (non-hydrogen) atoms. The Bertz CT molecular complexity index is 1100. The van der Waals surface area contributed by atoms with Gasteiger partial charge in [0.1, 0.15) is 11.6 Å². The van der Waals surface area contributed by atoms with Crippen molar-refractivity contribution in [3.05, 3.63) is 65.1 Å². The second-order valence-electron chi connectivity index (χ2n) is 8.01. The van der Waals surface area contributed by atoms with Crippen LogP contribution in [0, 0.1) is 0 Å². The fourth-order valence-electron chi connectivity index (χ4n) is 4.45. The zero-order valence-corrected chi connectivity index (χ0v) is 17.3. The van der Waals surface area contributed by atoms with E-state index in [0.29, 0.717) is 12.2 Å². The molecule has 0 unspecified atom stereocenters. The number of nitrogens with zero attached hydrogens (tertiary/aromatic N) is 2. The third kappa shape index (κ3) is 3.25. The van der Waals surface area contributed by atoms with Crippen LogP contribution in [0.15, 0.2) is 42.6 Å². The van der Waals surface area contributed by atoms with Gasteiger partial charge >= 0.3 is 0 Å². The van der Waals surface area contributed by atoms with Crippen molar-refractivity contribution in [3.63, 3.8) is 0 Å². The third-order valence-electron chi connectivity index (χ3n) is 6.24. The van der Waals surface area contributed by atoms with Crippen molar-refractivity contribution >= 4 is 34.3 Å². The summed E-state index contributed by atoms with van der Waals surface area (Å²) in [6, 6.07) is 11.8. The predicted molar refractivity (Wildman–Crippen MR) is 116 cm³/mol. The number of H-pyrrole nitrogens is 1. The van der Waals surface area contributed by atoms with Crippen LogP contribution in [-0.4, -0.2) is 45.1 Å². The molecular weight excluding hydrogens is 400 g/mol. The SMILES string of the molecule is O=C(NC1CCC1)c1ccc([C@H]2c3[nH]c4ccccc4c3CCN2C(=O)CCl)cn1. The van der Waals surface area contributed by atoms with Gasteiger partial charge < -0.3 is 15.2 Å². The molecule has 2 N–H and O–H groups in total. The molecule has 1 aromatic carbocycles. The smallest absolute Gasteiger partial charge is 0.270 e. The van der Waals surface area contributed by atoms with Crippen molar-refractivity contribution in [2.24, 2.45) is 0 Å². The lowest BCUT2D eigenvalue weighted by molar-refractivity contribution is -0.130. The van der Waals surface area contributed by atoms with Gasteiger partial charge in [-0.1, -0.05) is 24.3 Å². The van der Waals surface area contributed by atoms with E-state index in [0.717, 1.165) is 42.5 Å². The van der Waals surface area contributed by atoms with Crippen LogP contribution in [0.2, 0.25) is 0 Å². The van der Waals surface area contributed by atoms with Crippen LogP contribution in [0.5, 0.6) is 0 Å². The summed E-state index contributed by atoms with van der Waals surface area (Å²) in [5.41, 5.74) is 4.53. The molecule has 7 heteroatoms. The first-order chi connectivity index (χ1) is 14.7. The minimum Gasteiger partial charge on any atom is -0.356 e. The molecule has 1 saturated carbocycles. The highest BCUT2D eigenvalue weighted by molar-refractivity contribution is 6.27. The van der Waals surface area contributed by atoms with Crippen molar-refractivity contribution in [3.8, 4) is 0 Å². The number of halogens is 1. The van der Waals surface area contributed by atoms with Gasteiger partial charge in [0.05, 0.1) is 6.04 Å². The van der Waals surface area contributed by atoms with Gasteiger partial charge in [-0.25, -0.2) is 0 Å². The summed E-state index contributed by atoms with van der Waals surface area (Å²) in [5, 5.41) is 4.19. The van der Waals surface area contributed by atoms with E-state index >= 15 is 0 Å². The van der Waals surface area contributed by atoms with Crippen molar-refractivity contribution in [1.82, 2.24) is 20.2 Å². The molecule has 2 aliphatic rings. The van der Waals surface area contributed by atoms with Crippen LogP contribution in [0.1, 0.15) is 52.6 Å². The number of aromatic nitrogens is 2. The number of pyridine rings is 1. The number of aromatic amines is 1. The molecule has 1 atom stereocenters. The summed E-state index contributed by atoms with van der Waals surface area (Å²) in [4.78, 5) is 34.7. The Labute approximate surface area is 179 Å². The van der Waals surface area contributed by atoms with Gasteiger partial charge in [0.25, 0.3) is 5.91 Å². The lowest BCUT2D eigenvalue weighted by Crippen LogP contribution is -2.41. The first-order valence-electron chi connectivity index (χ1n) is 10.4. The molecule has 3 aromatic rings. The van der Waals surface area contributed by atoms with Crippen LogP contribution in [0.4, 0.5) is 0 Å². The van der Waals surface area contributed by atoms with Crippen LogP contribution < -0.4 is 5.32 Å². The van der Waals surface area contributed by atoms with E-state index in [4.69, 9.17) is 11.6 Å². The number of nitrogens with one attached hydrogen (secondary N) is 2. The summed E-state index contributed by atoms with van der Waals surface area (Å²) in [5.74, 6) is -0.325. The second kappa shape index (κ2) is 7.76. The first-order valence-corrected chi connectivity index (χ1v) is 10.9. The molecule has 0 saturated heterocycles. The van der Waals surface area contributed by atoms with Crippen molar-refractivity contribution < 1.29 is 9.59 Å². The van der Waals surface area contributed by atoms with E-state index in [1.165, 1.54) is 10.9 Å². The molecule has 5 rings (SSSR count). The largest absolute Gasteiger partial charge is 0.356 e. The zero-order chi connectivity index (χ0) is 20.7. The van der Waals surface area contributed by atoms with Crippen LogP contribution in [0.25, 0.3) is 10.9 Å². The predicted octanol–water partition coefficient (Wildman–Crippen LogP) is 3.56. The van der Waals surface area contributed by atoms with Gasteiger partial charge in [-0.15, -0.1) is 11.6 Å². The van der Waals surface area contributed by atoms with E-state index in [-0.39, 0.29) is 29.8 Å². The molecule has 1 aliphatic heterocycles. The highest BCUT2D eigenvalue weighted by Gasteiger charge is 2.34. The number of hydrogen-bond donors (Lipinski definition) is 2. The molecule has 1 fully saturated rings. The highest BCUT2D eigenvalue weighted by Crippen LogP contribution is 2.38. The van der Waals surface area contributed by atoms with Crippen LogP contribution in [0.3, 0.4) is 0 Å².